The molecule has 1 aromatic carbocycles. The second-order valence-corrected chi connectivity index (χ2v) is 2.38. The second kappa shape index (κ2) is 2.51. The summed E-state index contributed by atoms with van der Waals surface area (Å²) in [7, 11) is 0. The molecule has 1 aliphatic heterocycles. The first kappa shape index (κ1) is 6.61. The minimum Gasteiger partial charge on any atom is -0.334 e. The van der Waals surface area contributed by atoms with Crippen molar-refractivity contribution in [1.29, 1.82) is 0 Å². The van der Waals surface area contributed by atoms with E-state index in [1.54, 1.807) is 6.07 Å². The molecule has 0 saturated carbocycles. The van der Waals surface area contributed by atoms with Crippen LogP contribution >= 0.6 is 0 Å². The SMILES string of the molecule is Fc1cccc2c1OOCC2. The molecule has 2 nitrogen and oxygen atoms in total. The zero-order valence-electron chi connectivity index (χ0n) is 5.84. The Morgan fingerprint density at radius 2 is 2.27 bits per heavy atom. The Kier molecular flexibility index (Phi) is 1.51. The normalized spacial score (nSPS) is 15.4. The van der Waals surface area contributed by atoms with Crippen LogP contribution in [0, 0.1) is 5.82 Å². The van der Waals surface area contributed by atoms with E-state index in [1.165, 1.54) is 6.07 Å². The van der Waals surface area contributed by atoms with Gasteiger partial charge in [-0.15, -0.1) is 0 Å². The molecule has 0 radical (unpaired) electrons. The standard InChI is InChI=1S/C8H7FO2/c9-7-3-1-2-6-4-5-10-11-8(6)7/h1-3H,4-5H2. The highest BCUT2D eigenvalue weighted by Crippen LogP contribution is 2.25. The smallest absolute Gasteiger partial charge is 0.204 e. The first-order valence-corrected chi connectivity index (χ1v) is 3.45. The van der Waals surface area contributed by atoms with E-state index in [-0.39, 0.29) is 11.6 Å². The van der Waals surface area contributed by atoms with Gasteiger partial charge in [-0.25, -0.2) is 4.39 Å². The van der Waals surface area contributed by atoms with Crippen LogP contribution in [0.3, 0.4) is 0 Å². The molecule has 0 N–H and O–H groups in total. The van der Waals surface area contributed by atoms with Crippen molar-refractivity contribution in [2.45, 2.75) is 6.42 Å². The van der Waals surface area contributed by atoms with Crippen LogP contribution in [0.2, 0.25) is 0 Å². The summed E-state index contributed by atoms with van der Waals surface area (Å²) in [5, 5.41) is 0. The van der Waals surface area contributed by atoms with Crippen molar-refractivity contribution in [3.05, 3.63) is 29.6 Å². The van der Waals surface area contributed by atoms with E-state index in [9.17, 15) is 4.39 Å². The zero-order chi connectivity index (χ0) is 7.68. The van der Waals surface area contributed by atoms with E-state index < -0.39 is 0 Å². The van der Waals surface area contributed by atoms with Crippen LogP contribution in [-0.2, 0) is 11.3 Å². The van der Waals surface area contributed by atoms with Gasteiger partial charge in [0.1, 0.15) is 0 Å². The van der Waals surface area contributed by atoms with Crippen molar-refractivity contribution in [2.75, 3.05) is 6.61 Å². The van der Waals surface area contributed by atoms with E-state index in [0.717, 1.165) is 5.56 Å². The van der Waals surface area contributed by atoms with Gasteiger partial charge in [0.25, 0.3) is 0 Å². The van der Waals surface area contributed by atoms with Crippen LogP contribution in [0.25, 0.3) is 0 Å². The summed E-state index contributed by atoms with van der Waals surface area (Å²) in [5.74, 6) is -0.124. The van der Waals surface area contributed by atoms with Gasteiger partial charge in [-0.3, -0.25) is 0 Å². The molecular weight excluding hydrogens is 147 g/mol. The van der Waals surface area contributed by atoms with Crippen LogP contribution in [-0.4, -0.2) is 6.61 Å². The highest BCUT2D eigenvalue weighted by molar-refractivity contribution is 5.35. The fraction of sp³-hybridized carbons (Fsp3) is 0.250. The van der Waals surface area contributed by atoms with Gasteiger partial charge in [0.15, 0.2) is 5.82 Å². The van der Waals surface area contributed by atoms with E-state index >= 15 is 0 Å². The van der Waals surface area contributed by atoms with Crippen molar-refractivity contribution in [3.63, 3.8) is 0 Å². The molecule has 1 heterocycles. The highest BCUT2D eigenvalue weighted by Gasteiger charge is 2.14. The Morgan fingerprint density at radius 1 is 1.36 bits per heavy atom. The molecule has 0 saturated heterocycles. The lowest BCUT2D eigenvalue weighted by Crippen LogP contribution is -2.11. The summed E-state index contributed by atoms with van der Waals surface area (Å²) in [6.45, 7) is 0.496. The van der Waals surface area contributed by atoms with E-state index in [1.807, 2.05) is 6.07 Å². The Morgan fingerprint density at radius 3 is 3.09 bits per heavy atom. The molecule has 3 heteroatoms. The van der Waals surface area contributed by atoms with Gasteiger partial charge in [-0.1, -0.05) is 12.1 Å². The summed E-state index contributed by atoms with van der Waals surface area (Å²) >= 11 is 0. The lowest BCUT2D eigenvalue weighted by atomic mass is 10.1. The van der Waals surface area contributed by atoms with Gasteiger partial charge in [0.2, 0.25) is 5.75 Å². The number of fused-ring (bicyclic) bond motifs is 1. The summed E-state index contributed by atoms with van der Waals surface area (Å²) in [5.41, 5.74) is 0.872. The molecule has 0 atom stereocenters. The van der Waals surface area contributed by atoms with Gasteiger partial charge in [-0.2, -0.15) is 4.89 Å². The Labute approximate surface area is 63.5 Å². The number of benzene rings is 1. The zero-order valence-corrected chi connectivity index (χ0v) is 5.84. The van der Waals surface area contributed by atoms with Crippen molar-refractivity contribution in [1.82, 2.24) is 0 Å². The minimum absolute atomic E-state index is 0.235. The van der Waals surface area contributed by atoms with E-state index in [2.05, 4.69) is 9.78 Å². The summed E-state index contributed by atoms with van der Waals surface area (Å²) < 4.78 is 12.9. The number of rotatable bonds is 0. The summed E-state index contributed by atoms with van der Waals surface area (Å²) in [6.07, 6.45) is 0.715. The Balaban J connectivity index is 2.49. The quantitative estimate of drug-likeness (QED) is 0.529. The molecule has 11 heavy (non-hydrogen) atoms. The van der Waals surface area contributed by atoms with Crippen molar-refractivity contribution >= 4 is 0 Å². The lowest BCUT2D eigenvalue weighted by molar-refractivity contribution is -0.217. The molecule has 1 aromatic rings. The molecule has 0 aromatic heterocycles. The fourth-order valence-corrected chi connectivity index (χ4v) is 1.10. The average Bonchev–Trinajstić information content (AvgIpc) is 2.06. The van der Waals surface area contributed by atoms with Crippen LogP contribution in [0.15, 0.2) is 18.2 Å². The molecule has 2 rings (SSSR count). The first-order valence-electron chi connectivity index (χ1n) is 3.45. The first-order chi connectivity index (χ1) is 5.38. The van der Waals surface area contributed by atoms with Crippen molar-refractivity contribution in [2.24, 2.45) is 0 Å². The lowest BCUT2D eigenvalue weighted by Gasteiger charge is -2.14. The molecule has 1 aliphatic rings. The van der Waals surface area contributed by atoms with Crippen LogP contribution in [0.5, 0.6) is 5.75 Å². The van der Waals surface area contributed by atoms with Crippen LogP contribution < -0.4 is 4.89 Å². The highest BCUT2D eigenvalue weighted by atomic mass is 19.1. The van der Waals surface area contributed by atoms with Crippen molar-refractivity contribution < 1.29 is 14.2 Å². The van der Waals surface area contributed by atoms with Gasteiger partial charge in [0.05, 0.1) is 6.61 Å². The minimum atomic E-state index is -0.359. The largest absolute Gasteiger partial charge is 0.334 e. The number of halogens is 1. The predicted molar refractivity (Wildman–Crippen MR) is 36.7 cm³/mol. The number of para-hydroxylation sites is 1. The number of hydrogen-bond donors (Lipinski definition) is 0. The summed E-state index contributed by atoms with van der Waals surface area (Å²) in [6, 6.07) is 4.86. The van der Waals surface area contributed by atoms with Gasteiger partial charge in [-0.05, 0) is 6.07 Å². The molecule has 58 valence electrons. The molecule has 0 amide bonds. The van der Waals surface area contributed by atoms with Crippen LogP contribution in [0.4, 0.5) is 4.39 Å². The monoisotopic (exact) mass is 154 g/mol. The van der Waals surface area contributed by atoms with Gasteiger partial charge < -0.3 is 4.89 Å². The van der Waals surface area contributed by atoms with Crippen LogP contribution in [0.1, 0.15) is 5.56 Å². The number of hydrogen-bond acceptors (Lipinski definition) is 2. The maximum Gasteiger partial charge on any atom is 0.204 e. The average molecular weight is 154 g/mol. The molecule has 0 spiro atoms. The van der Waals surface area contributed by atoms with Crippen molar-refractivity contribution in [3.8, 4) is 5.75 Å². The van der Waals surface area contributed by atoms with E-state index in [4.69, 9.17) is 0 Å². The predicted octanol–water partition coefficient (Wildman–Crippen LogP) is 1.69. The van der Waals surface area contributed by atoms with E-state index in [0.29, 0.717) is 13.0 Å². The third-order valence-electron chi connectivity index (χ3n) is 1.65. The Hall–Kier alpha value is -1.09. The molecular formula is C8H7FO2. The second-order valence-electron chi connectivity index (χ2n) is 2.38. The third kappa shape index (κ3) is 1.07. The van der Waals surface area contributed by atoms with Gasteiger partial charge in [0, 0.05) is 12.0 Å². The topological polar surface area (TPSA) is 18.5 Å². The van der Waals surface area contributed by atoms with Gasteiger partial charge >= 0.3 is 0 Å². The maximum absolute atomic E-state index is 12.9. The fourth-order valence-electron chi connectivity index (χ4n) is 1.10. The maximum atomic E-state index is 12.9. The third-order valence-corrected chi connectivity index (χ3v) is 1.65. The Bertz CT molecular complexity index is 273. The molecule has 0 bridgehead atoms. The molecule has 0 aliphatic carbocycles. The molecule has 0 unspecified atom stereocenters. The summed E-state index contributed by atoms with van der Waals surface area (Å²) in [4.78, 5) is 9.32. The molecule has 0 fully saturated rings.